The minimum Gasteiger partial charge on any atom is -0.366 e. The van der Waals surface area contributed by atoms with Crippen molar-refractivity contribution < 1.29 is 4.79 Å². The van der Waals surface area contributed by atoms with Gasteiger partial charge in [0.05, 0.1) is 0 Å². The first-order valence-corrected chi connectivity index (χ1v) is 4.90. The smallest absolute Gasteiger partial charge is 0.241 e. The van der Waals surface area contributed by atoms with Crippen molar-refractivity contribution in [2.45, 2.75) is 39.0 Å². The summed E-state index contributed by atoms with van der Waals surface area (Å²) in [5, 5.41) is 0. The van der Waals surface area contributed by atoms with Crippen molar-refractivity contribution in [3.05, 3.63) is 24.3 Å². The second-order valence-corrected chi connectivity index (χ2v) is 3.04. The summed E-state index contributed by atoms with van der Waals surface area (Å²) in [6.45, 7) is 2.20. The van der Waals surface area contributed by atoms with Crippen molar-refractivity contribution in [2.24, 2.45) is 5.73 Å². The van der Waals surface area contributed by atoms with Crippen LogP contribution in [0.1, 0.15) is 39.0 Å². The lowest BCUT2D eigenvalue weighted by atomic mass is 10.1. The first kappa shape index (κ1) is 11.9. The zero-order chi connectivity index (χ0) is 9.94. The quantitative estimate of drug-likeness (QED) is 0.366. The molecule has 0 rings (SSSR count). The summed E-state index contributed by atoms with van der Waals surface area (Å²) in [5.74, 6) is -0.393. The maximum Gasteiger partial charge on any atom is 0.241 e. The zero-order valence-corrected chi connectivity index (χ0v) is 8.33. The summed E-state index contributed by atoms with van der Waals surface area (Å²) in [6.07, 6.45) is 13.2. The van der Waals surface area contributed by atoms with Gasteiger partial charge in [-0.15, -0.1) is 0 Å². The second kappa shape index (κ2) is 9.04. The summed E-state index contributed by atoms with van der Waals surface area (Å²) in [7, 11) is 0. The van der Waals surface area contributed by atoms with E-state index in [-0.39, 0.29) is 0 Å². The molecule has 0 aromatic rings. The number of hydrogen-bond donors (Lipinski definition) is 1. The largest absolute Gasteiger partial charge is 0.366 e. The maximum atomic E-state index is 10.3. The SMILES string of the molecule is CCCCCCC=CC=CC(N)=O. The van der Waals surface area contributed by atoms with Gasteiger partial charge >= 0.3 is 0 Å². The number of hydrogen-bond acceptors (Lipinski definition) is 1. The average molecular weight is 181 g/mol. The molecular weight excluding hydrogens is 162 g/mol. The van der Waals surface area contributed by atoms with Crippen LogP contribution in [0.5, 0.6) is 0 Å². The first-order valence-electron chi connectivity index (χ1n) is 4.90. The van der Waals surface area contributed by atoms with Gasteiger partial charge in [0.25, 0.3) is 0 Å². The molecule has 0 saturated heterocycles. The number of primary amides is 1. The van der Waals surface area contributed by atoms with Gasteiger partial charge in [-0.1, -0.05) is 44.4 Å². The molecule has 1 amide bonds. The molecule has 74 valence electrons. The van der Waals surface area contributed by atoms with Crippen LogP contribution in [0.3, 0.4) is 0 Å². The third-order valence-corrected chi connectivity index (χ3v) is 1.73. The Bertz CT molecular complexity index is 183. The highest BCUT2D eigenvalue weighted by atomic mass is 16.1. The number of rotatable bonds is 7. The van der Waals surface area contributed by atoms with E-state index in [2.05, 4.69) is 13.0 Å². The van der Waals surface area contributed by atoms with E-state index in [0.29, 0.717) is 0 Å². The molecule has 0 aliphatic rings. The van der Waals surface area contributed by atoms with Gasteiger partial charge in [-0.05, 0) is 12.8 Å². The summed E-state index contributed by atoms with van der Waals surface area (Å²) in [4.78, 5) is 10.3. The van der Waals surface area contributed by atoms with Crippen molar-refractivity contribution in [3.63, 3.8) is 0 Å². The third kappa shape index (κ3) is 10.9. The summed E-state index contributed by atoms with van der Waals surface area (Å²) >= 11 is 0. The minimum atomic E-state index is -0.393. The van der Waals surface area contributed by atoms with Gasteiger partial charge in [0.1, 0.15) is 0 Å². The molecular formula is C11H19NO. The predicted octanol–water partition coefficient (Wildman–Crippen LogP) is 2.55. The Morgan fingerprint density at radius 2 is 2.00 bits per heavy atom. The fourth-order valence-electron chi connectivity index (χ4n) is 1.01. The number of carbonyl (C=O) groups excluding carboxylic acids is 1. The van der Waals surface area contributed by atoms with Crippen molar-refractivity contribution in [2.75, 3.05) is 0 Å². The molecule has 0 radical (unpaired) electrons. The van der Waals surface area contributed by atoms with Gasteiger partial charge < -0.3 is 5.73 Å². The molecule has 0 fully saturated rings. The standard InChI is InChI=1S/C11H19NO/c1-2-3-4-5-6-7-8-9-10-11(12)13/h7-10H,2-6H2,1H3,(H2,12,13). The van der Waals surface area contributed by atoms with Gasteiger partial charge in [0, 0.05) is 6.08 Å². The Balaban J connectivity index is 3.26. The van der Waals surface area contributed by atoms with Crippen molar-refractivity contribution in [3.8, 4) is 0 Å². The van der Waals surface area contributed by atoms with E-state index in [1.54, 1.807) is 6.08 Å². The van der Waals surface area contributed by atoms with Gasteiger partial charge in [-0.25, -0.2) is 0 Å². The molecule has 2 N–H and O–H groups in total. The number of amides is 1. The van der Waals surface area contributed by atoms with Crippen LogP contribution in [0.4, 0.5) is 0 Å². The lowest BCUT2D eigenvalue weighted by Crippen LogP contribution is -2.04. The third-order valence-electron chi connectivity index (χ3n) is 1.73. The lowest BCUT2D eigenvalue weighted by Gasteiger charge is -1.92. The van der Waals surface area contributed by atoms with Crippen LogP contribution in [-0.4, -0.2) is 5.91 Å². The van der Waals surface area contributed by atoms with E-state index in [1.165, 1.54) is 31.8 Å². The summed E-state index contributed by atoms with van der Waals surface area (Å²) in [5.41, 5.74) is 4.91. The van der Waals surface area contributed by atoms with E-state index in [0.717, 1.165) is 6.42 Å². The predicted molar refractivity (Wildman–Crippen MR) is 56.2 cm³/mol. The molecule has 2 heteroatoms. The molecule has 13 heavy (non-hydrogen) atoms. The molecule has 0 aromatic heterocycles. The van der Waals surface area contributed by atoms with E-state index in [4.69, 9.17) is 5.73 Å². The summed E-state index contributed by atoms with van der Waals surface area (Å²) < 4.78 is 0. The highest BCUT2D eigenvalue weighted by Crippen LogP contribution is 2.02. The normalized spacial score (nSPS) is 11.5. The summed E-state index contributed by atoms with van der Waals surface area (Å²) in [6, 6.07) is 0. The molecule has 0 atom stereocenters. The van der Waals surface area contributed by atoms with Crippen molar-refractivity contribution in [1.82, 2.24) is 0 Å². The molecule has 0 heterocycles. The van der Waals surface area contributed by atoms with Gasteiger partial charge in [-0.3, -0.25) is 4.79 Å². The zero-order valence-electron chi connectivity index (χ0n) is 8.33. The van der Waals surface area contributed by atoms with Gasteiger partial charge in [-0.2, -0.15) is 0 Å². The molecule has 0 unspecified atom stereocenters. The molecule has 0 saturated carbocycles. The fourth-order valence-corrected chi connectivity index (χ4v) is 1.01. The molecule has 2 nitrogen and oxygen atoms in total. The second-order valence-electron chi connectivity index (χ2n) is 3.04. The number of unbranched alkanes of at least 4 members (excludes halogenated alkanes) is 4. The Morgan fingerprint density at radius 3 is 2.62 bits per heavy atom. The van der Waals surface area contributed by atoms with Gasteiger partial charge in [0.2, 0.25) is 5.91 Å². The lowest BCUT2D eigenvalue weighted by molar-refractivity contribution is -0.113. The molecule has 0 aliphatic carbocycles. The van der Waals surface area contributed by atoms with Crippen LogP contribution in [0, 0.1) is 0 Å². The maximum absolute atomic E-state index is 10.3. The van der Waals surface area contributed by atoms with Crippen molar-refractivity contribution >= 4 is 5.91 Å². The highest BCUT2D eigenvalue weighted by molar-refractivity contribution is 5.85. The topological polar surface area (TPSA) is 43.1 Å². The van der Waals surface area contributed by atoms with E-state index < -0.39 is 5.91 Å². The Labute approximate surface area is 80.5 Å². The molecule has 0 aromatic carbocycles. The van der Waals surface area contributed by atoms with Crippen LogP contribution in [0.2, 0.25) is 0 Å². The molecule has 0 spiro atoms. The van der Waals surface area contributed by atoms with Gasteiger partial charge in [0.15, 0.2) is 0 Å². The van der Waals surface area contributed by atoms with Crippen LogP contribution < -0.4 is 5.73 Å². The van der Waals surface area contributed by atoms with E-state index >= 15 is 0 Å². The monoisotopic (exact) mass is 181 g/mol. The van der Waals surface area contributed by atoms with Crippen LogP contribution in [0.25, 0.3) is 0 Å². The van der Waals surface area contributed by atoms with Crippen molar-refractivity contribution in [1.29, 1.82) is 0 Å². The molecule has 0 aliphatic heterocycles. The average Bonchev–Trinajstić information content (AvgIpc) is 2.09. The highest BCUT2D eigenvalue weighted by Gasteiger charge is 1.83. The van der Waals surface area contributed by atoms with Crippen LogP contribution in [-0.2, 0) is 4.79 Å². The fraction of sp³-hybridized carbons (Fsp3) is 0.545. The number of allylic oxidation sites excluding steroid dienone is 3. The number of carbonyl (C=O) groups is 1. The Hall–Kier alpha value is -1.05. The molecule has 0 bridgehead atoms. The Morgan fingerprint density at radius 1 is 1.23 bits per heavy atom. The van der Waals surface area contributed by atoms with Crippen LogP contribution in [0.15, 0.2) is 24.3 Å². The number of nitrogens with two attached hydrogens (primary N) is 1. The Kier molecular flexibility index (Phi) is 8.31. The van der Waals surface area contributed by atoms with Crippen LogP contribution >= 0.6 is 0 Å². The van der Waals surface area contributed by atoms with E-state index in [1.807, 2.05) is 6.08 Å². The minimum absolute atomic E-state index is 0.393. The van der Waals surface area contributed by atoms with E-state index in [9.17, 15) is 4.79 Å². The first-order chi connectivity index (χ1) is 6.27.